The van der Waals surface area contributed by atoms with Gasteiger partial charge < -0.3 is 0 Å². The van der Waals surface area contributed by atoms with Crippen LogP contribution in [0.1, 0.15) is 23.6 Å². The number of aromatic nitrogens is 1. The van der Waals surface area contributed by atoms with E-state index in [4.69, 9.17) is 0 Å². The maximum absolute atomic E-state index is 11.5. The number of fused-ring (bicyclic) bond motifs is 1. The predicted molar refractivity (Wildman–Crippen MR) is 107 cm³/mol. The third kappa shape index (κ3) is 3.75. The summed E-state index contributed by atoms with van der Waals surface area (Å²) in [6, 6.07) is 14.8. The lowest BCUT2D eigenvalue weighted by Crippen LogP contribution is -2.03. The second-order valence-electron chi connectivity index (χ2n) is 6.40. The van der Waals surface area contributed by atoms with Crippen molar-refractivity contribution >= 4 is 32.3 Å². The van der Waals surface area contributed by atoms with Crippen molar-refractivity contribution in [2.45, 2.75) is 25.7 Å². The Balaban J connectivity index is 1.87. The number of hydrogen-bond donors (Lipinski definition) is 1. The van der Waals surface area contributed by atoms with Gasteiger partial charge in [0.25, 0.3) is 0 Å². The average Bonchev–Trinajstić information content (AvgIpc) is 2.60. The fourth-order valence-corrected chi connectivity index (χ4v) is 3.40. The minimum atomic E-state index is -3.20. The summed E-state index contributed by atoms with van der Waals surface area (Å²) in [5.41, 5.74) is 7.80. The van der Waals surface area contributed by atoms with Crippen LogP contribution in [0.2, 0.25) is 0 Å². The van der Waals surface area contributed by atoms with Crippen LogP contribution in [0.25, 0.3) is 10.9 Å². The van der Waals surface area contributed by atoms with Gasteiger partial charge in [0.05, 0.1) is 16.1 Å². The van der Waals surface area contributed by atoms with Crippen molar-refractivity contribution in [2.24, 2.45) is 5.10 Å². The number of para-hydroxylation sites is 1. The highest BCUT2D eigenvalue weighted by Crippen LogP contribution is 2.23. The molecule has 0 saturated heterocycles. The molecule has 2 aromatic carbocycles. The van der Waals surface area contributed by atoms with E-state index in [1.54, 1.807) is 24.3 Å². The molecule has 0 atom stereocenters. The van der Waals surface area contributed by atoms with E-state index in [1.807, 2.05) is 32.0 Å². The minimum Gasteiger partial charge on any atom is -0.261 e. The number of nitrogens with one attached hydrogen (secondary N) is 1. The molecular formula is C20H21N3O2S. The monoisotopic (exact) mass is 367 g/mol. The molecule has 6 heteroatoms. The first-order chi connectivity index (χ1) is 12.3. The summed E-state index contributed by atoms with van der Waals surface area (Å²) in [5.74, 6) is 0.677. The predicted octanol–water partition coefficient (Wildman–Crippen LogP) is 4.09. The quantitative estimate of drug-likeness (QED) is 0.557. The molecule has 0 bridgehead atoms. The first kappa shape index (κ1) is 18.1. The molecule has 0 amide bonds. The molecule has 26 heavy (non-hydrogen) atoms. The molecule has 1 aromatic heterocycles. The summed E-state index contributed by atoms with van der Waals surface area (Å²) in [7, 11) is -3.20. The highest BCUT2D eigenvalue weighted by molar-refractivity contribution is 7.90. The Morgan fingerprint density at radius 2 is 1.73 bits per heavy atom. The molecule has 0 saturated carbocycles. The molecule has 0 aliphatic carbocycles. The van der Waals surface area contributed by atoms with Crippen LogP contribution in [0.4, 0.5) is 5.82 Å². The molecule has 0 aliphatic rings. The van der Waals surface area contributed by atoms with E-state index in [9.17, 15) is 8.42 Å². The van der Waals surface area contributed by atoms with Gasteiger partial charge in [0.2, 0.25) is 0 Å². The molecule has 0 radical (unpaired) electrons. The van der Waals surface area contributed by atoms with Crippen molar-refractivity contribution in [3.8, 4) is 0 Å². The lowest BCUT2D eigenvalue weighted by atomic mass is 10.1. The zero-order valence-electron chi connectivity index (χ0n) is 15.2. The fourth-order valence-electron chi connectivity index (χ4n) is 2.77. The number of hydrazone groups is 1. The molecule has 1 heterocycles. The van der Waals surface area contributed by atoms with E-state index in [0.29, 0.717) is 10.7 Å². The summed E-state index contributed by atoms with van der Waals surface area (Å²) in [5, 5.41) is 5.52. The van der Waals surface area contributed by atoms with Gasteiger partial charge in [0, 0.05) is 11.6 Å². The van der Waals surface area contributed by atoms with Crippen LogP contribution in [0.5, 0.6) is 0 Å². The van der Waals surface area contributed by atoms with E-state index < -0.39 is 9.84 Å². The Morgan fingerprint density at radius 1 is 1.04 bits per heavy atom. The first-order valence-corrected chi connectivity index (χ1v) is 10.1. The number of pyridine rings is 1. The summed E-state index contributed by atoms with van der Waals surface area (Å²) in [6.45, 7) is 5.95. The van der Waals surface area contributed by atoms with Crippen LogP contribution < -0.4 is 5.43 Å². The number of aryl methyl sites for hydroxylation is 2. The van der Waals surface area contributed by atoms with Gasteiger partial charge >= 0.3 is 0 Å². The molecule has 3 aromatic rings. The number of nitrogens with zero attached hydrogens (tertiary/aromatic N) is 2. The molecule has 0 aliphatic heterocycles. The van der Waals surface area contributed by atoms with Gasteiger partial charge in [0.1, 0.15) is 5.82 Å². The number of sulfone groups is 1. The topological polar surface area (TPSA) is 71.4 Å². The molecule has 0 unspecified atom stereocenters. The van der Waals surface area contributed by atoms with Crippen molar-refractivity contribution in [2.75, 3.05) is 11.7 Å². The van der Waals surface area contributed by atoms with Crippen molar-refractivity contribution in [3.63, 3.8) is 0 Å². The Kier molecular flexibility index (Phi) is 4.78. The third-order valence-electron chi connectivity index (χ3n) is 4.29. The van der Waals surface area contributed by atoms with Gasteiger partial charge in [0.15, 0.2) is 9.84 Å². The molecule has 3 rings (SSSR count). The summed E-state index contributed by atoms with van der Waals surface area (Å²) >= 11 is 0. The van der Waals surface area contributed by atoms with E-state index in [0.717, 1.165) is 33.3 Å². The van der Waals surface area contributed by atoms with Crippen molar-refractivity contribution in [3.05, 3.63) is 65.2 Å². The highest BCUT2D eigenvalue weighted by Gasteiger charge is 2.08. The maximum atomic E-state index is 11.5. The van der Waals surface area contributed by atoms with Crippen LogP contribution >= 0.6 is 0 Å². The second kappa shape index (κ2) is 6.88. The van der Waals surface area contributed by atoms with E-state index in [-0.39, 0.29) is 0 Å². The number of benzene rings is 2. The lowest BCUT2D eigenvalue weighted by molar-refractivity contribution is 0.602. The number of rotatable bonds is 4. The molecule has 134 valence electrons. The summed E-state index contributed by atoms with van der Waals surface area (Å²) < 4.78 is 23.1. The number of hydrogen-bond acceptors (Lipinski definition) is 5. The normalized spacial score (nSPS) is 12.4. The number of anilines is 1. The highest BCUT2D eigenvalue weighted by atomic mass is 32.2. The van der Waals surface area contributed by atoms with Crippen LogP contribution in [0.3, 0.4) is 0 Å². The fraction of sp³-hybridized carbons (Fsp3) is 0.200. The zero-order valence-corrected chi connectivity index (χ0v) is 16.1. The average molecular weight is 367 g/mol. The van der Waals surface area contributed by atoms with Crippen molar-refractivity contribution in [1.29, 1.82) is 0 Å². The Hall–Kier alpha value is -2.73. The molecular weight excluding hydrogens is 346 g/mol. The first-order valence-electron chi connectivity index (χ1n) is 8.23. The Bertz CT molecular complexity index is 1100. The van der Waals surface area contributed by atoms with Gasteiger partial charge in [-0.2, -0.15) is 5.10 Å². The van der Waals surface area contributed by atoms with Gasteiger partial charge in [-0.15, -0.1) is 0 Å². The van der Waals surface area contributed by atoms with Crippen LogP contribution in [0, 0.1) is 13.8 Å². The summed E-state index contributed by atoms with van der Waals surface area (Å²) in [4.78, 5) is 4.95. The van der Waals surface area contributed by atoms with Gasteiger partial charge in [-0.1, -0.05) is 30.3 Å². The molecule has 0 spiro atoms. The lowest BCUT2D eigenvalue weighted by Gasteiger charge is -2.09. The SMILES string of the molecule is C/C(=N/Nc1cc(C)c2cccc(C)c2n1)c1ccc(S(C)(=O)=O)cc1. The van der Waals surface area contributed by atoms with Gasteiger partial charge in [-0.25, -0.2) is 13.4 Å². The Morgan fingerprint density at radius 3 is 2.38 bits per heavy atom. The van der Waals surface area contributed by atoms with Crippen LogP contribution in [-0.2, 0) is 9.84 Å². The van der Waals surface area contributed by atoms with Crippen LogP contribution in [-0.4, -0.2) is 25.4 Å². The minimum absolute atomic E-state index is 0.296. The zero-order chi connectivity index (χ0) is 18.9. The standard InChI is InChI=1S/C20H21N3O2S/c1-13-6-5-7-18-14(2)12-19(21-20(13)18)23-22-15(3)16-8-10-17(11-9-16)26(4,24)25/h5-12H,1-4H3,(H,21,23)/b22-15-. The van der Waals surface area contributed by atoms with Crippen molar-refractivity contribution < 1.29 is 8.42 Å². The van der Waals surface area contributed by atoms with Gasteiger partial charge in [-0.05, 0) is 55.7 Å². The molecule has 1 N–H and O–H groups in total. The summed E-state index contributed by atoms with van der Waals surface area (Å²) in [6.07, 6.45) is 1.19. The van der Waals surface area contributed by atoms with Gasteiger partial charge in [-0.3, -0.25) is 5.43 Å². The van der Waals surface area contributed by atoms with E-state index in [1.165, 1.54) is 6.26 Å². The Labute approximate surface area is 153 Å². The van der Waals surface area contributed by atoms with E-state index in [2.05, 4.69) is 28.5 Å². The van der Waals surface area contributed by atoms with Crippen LogP contribution in [0.15, 0.2) is 58.5 Å². The molecule has 0 fully saturated rings. The maximum Gasteiger partial charge on any atom is 0.175 e. The van der Waals surface area contributed by atoms with E-state index >= 15 is 0 Å². The molecule has 5 nitrogen and oxygen atoms in total. The smallest absolute Gasteiger partial charge is 0.175 e. The van der Waals surface area contributed by atoms with Crippen molar-refractivity contribution in [1.82, 2.24) is 4.98 Å². The largest absolute Gasteiger partial charge is 0.261 e. The second-order valence-corrected chi connectivity index (χ2v) is 8.42. The third-order valence-corrected chi connectivity index (χ3v) is 5.41.